The Morgan fingerprint density at radius 2 is 2.00 bits per heavy atom. The van der Waals surface area contributed by atoms with E-state index in [1.165, 1.54) is 18.3 Å². The third-order valence-corrected chi connectivity index (χ3v) is 3.16. The molecule has 0 spiro atoms. The number of hydrogen-bond donors (Lipinski definition) is 0. The SMILES string of the molecule is CC(=O)/N=c1/scc(-c2ccccc2)n1C. The second kappa shape index (κ2) is 4.45. The molecule has 0 unspecified atom stereocenters. The van der Waals surface area contributed by atoms with E-state index in [2.05, 4.69) is 4.99 Å². The average Bonchev–Trinajstić information content (AvgIpc) is 2.61. The molecule has 0 aliphatic carbocycles. The molecule has 2 aromatic rings. The van der Waals surface area contributed by atoms with Gasteiger partial charge in [0, 0.05) is 19.4 Å². The summed E-state index contributed by atoms with van der Waals surface area (Å²) < 4.78 is 1.93. The number of amides is 1. The van der Waals surface area contributed by atoms with Gasteiger partial charge >= 0.3 is 0 Å². The van der Waals surface area contributed by atoms with Crippen LogP contribution in [0.3, 0.4) is 0 Å². The molecule has 82 valence electrons. The van der Waals surface area contributed by atoms with Crippen LogP contribution in [-0.4, -0.2) is 10.5 Å². The number of aromatic nitrogens is 1. The molecular weight excluding hydrogens is 220 g/mol. The minimum Gasteiger partial charge on any atom is -0.319 e. The zero-order chi connectivity index (χ0) is 11.5. The minimum absolute atomic E-state index is 0.169. The molecule has 0 aliphatic heterocycles. The van der Waals surface area contributed by atoms with E-state index in [0.29, 0.717) is 0 Å². The molecule has 0 fully saturated rings. The van der Waals surface area contributed by atoms with Gasteiger partial charge < -0.3 is 4.57 Å². The van der Waals surface area contributed by atoms with E-state index in [4.69, 9.17) is 0 Å². The molecule has 1 aromatic heterocycles. The van der Waals surface area contributed by atoms with Crippen molar-refractivity contribution < 1.29 is 4.79 Å². The van der Waals surface area contributed by atoms with Crippen LogP contribution < -0.4 is 4.80 Å². The predicted octanol–water partition coefficient (Wildman–Crippen LogP) is 2.20. The van der Waals surface area contributed by atoms with Gasteiger partial charge in [-0.15, -0.1) is 11.3 Å². The Kier molecular flexibility index (Phi) is 3.01. The van der Waals surface area contributed by atoms with Crippen LogP contribution >= 0.6 is 11.3 Å². The Bertz CT molecular complexity index is 566. The highest BCUT2D eigenvalue weighted by atomic mass is 32.1. The summed E-state index contributed by atoms with van der Waals surface area (Å²) in [6, 6.07) is 10.1. The van der Waals surface area contributed by atoms with Crippen molar-refractivity contribution in [3.05, 3.63) is 40.5 Å². The first-order valence-electron chi connectivity index (χ1n) is 4.93. The van der Waals surface area contributed by atoms with Crippen molar-refractivity contribution in [2.75, 3.05) is 0 Å². The summed E-state index contributed by atoms with van der Waals surface area (Å²) >= 11 is 1.47. The smallest absolute Gasteiger partial charge is 0.245 e. The van der Waals surface area contributed by atoms with Crippen LogP contribution in [0, 0.1) is 0 Å². The van der Waals surface area contributed by atoms with E-state index in [1.54, 1.807) is 0 Å². The lowest BCUT2D eigenvalue weighted by Gasteiger charge is -2.01. The minimum atomic E-state index is -0.169. The summed E-state index contributed by atoms with van der Waals surface area (Å²) in [6.45, 7) is 1.46. The molecule has 0 saturated carbocycles. The Hall–Kier alpha value is -1.68. The van der Waals surface area contributed by atoms with E-state index in [9.17, 15) is 4.79 Å². The number of carbonyl (C=O) groups excluding carboxylic acids is 1. The molecule has 1 aromatic carbocycles. The molecule has 4 heteroatoms. The topological polar surface area (TPSA) is 34.4 Å². The van der Waals surface area contributed by atoms with Crippen molar-refractivity contribution in [3.8, 4) is 11.3 Å². The molecule has 1 heterocycles. The van der Waals surface area contributed by atoms with Crippen LogP contribution in [-0.2, 0) is 11.8 Å². The lowest BCUT2D eigenvalue weighted by atomic mass is 10.2. The van der Waals surface area contributed by atoms with Gasteiger partial charge in [0.2, 0.25) is 5.91 Å². The van der Waals surface area contributed by atoms with Gasteiger partial charge in [-0.05, 0) is 5.56 Å². The lowest BCUT2D eigenvalue weighted by Crippen LogP contribution is -2.13. The van der Waals surface area contributed by atoms with Gasteiger partial charge in [0.25, 0.3) is 0 Å². The standard InChI is InChI=1S/C12H12N2OS/c1-9(15)13-12-14(2)11(8-16-12)10-6-4-3-5-7-10/h3-8H,1-2H3/b13-12+. The van der Waals surface area contributed by atoms with Gasteiger partial charge in [0.05, 0.1) is 5.69 Å². The van der Waals surface area contributed by atoms with Crippen LogP contribution in [0.1, 0.15) is 6.92 Å². The molecule has 0 radical (unpaired) electrons. The van der Waals surface area contributed by atoms with E-state index in [0.717, 1.165) is 16.1 Å². The number of carbonyl (C=O) groups is 1. The number of thiazole rings is 1. The van der Waals surface area contributed by atoms with Crippen molar-refractivity contribution in [2.45, 2.75) is 6.92 Å². The first-order valence-corrected chi connectivity index (χ1v) is 5.81. The Morgan fingerprint density at radius 1 is 1.31 bits per heavy atom. The molecule has 16 heavy (non-hydrogen) atoms. The second-order valence-electron chi connectivity index (χ2n) is 3.46. The van der Waals surface area contributed by atoms with Crippen LogP contribution in [0.4, 0.5) is 0 Å². The van der Waals surface area contributed by atoms with E-state index >= 15 is 0 Å². The fourth-order valence-corrected chi connectivity index (χ4v) is 2.43. The molecule has 0 atom stereocenters. The summed E-state index contributed by atoms with van der Waals surface area (Å²) in [5.74, 6) is -0.169. The third kappa shape index (κ3) is 2.12. The molecule has 0 saturated heterocycles. The normalized spacial score (nSPS) is 11.8. The Balaban J connectivity index is 2.54. The highest BCUT2D eigenvalue weighted by Gasteiger charge is 2.03. The largest absolute Gasteiger partial charge is 0.319 e. The predicted molar refractivity (Wildman–Crippen MR) is 65.0 cm³/mol. The van der Waals surface area contributed by atoms with Crippen molar-refractivity contribution in [1.82, 2.24) is 4.57 Å². The molecule has 2 rings (SSSR count). The Morgan fingerprint density at radius 3 is 2.62 bits per heavy atom. The molecule has 0 bridgehead atoms. The first kappa shape index (κ1) is 10.8. The van der Waals surface area contributed by atoms with Gasteiger partial charge in [0.1, 0.15) is 0 Å². The van der Waals surface area contributed by atoms with Crippen LogP contribution in [0.5, 0.6) is 0 Å². The monoisotopic (exact) mass is 232 g/mol. The number of benzene rings is 1. The van der Waals surface area contributed by atoms with Gasteiger partial charge in [0.15, 0.2) is 4.80 Å². The van der Waals surface area contributed by atoms with Gasteiger partial charge in [-0.2, -0.15) is 4.99 Å². The fraction of sp³-hybridized carbons (Fsp3) is 0.167. The maximum atomic E-state index is 10.9. The highest BCUT2D eigenvalue weighted by molar-refractivity contribution is 7.07. The number of rotatable bonds is 1. The van der Waals surface area contributed by atoms with Crippen molar-refractivity contribution in [2.24, 2.45) is 12.0 Å². The number of hydrogen-bond acceptors (Lipinski definition) is 2. The highest BCUT2D eigenvalue weighted by Crippen LogP contribution is 2.18. The summed E-state index contributed by atoms with van der Waals surface area (Å²) in [7, 11) is 1.92. The maximum Gasteiger partial charge on any atom is 0.245 e. The van der Waals surface area contributed by atoms with Crippen LogP contribution in [0.2, 0.25) is 0 Å². The summed E-state index contributed by atoms with van der Waals surface area (Å²) in [4.78, 5) is 15.6. The zero-order valence-electron chi connectivity index (χ0n) is 9.18. The van der Waals surface area contributed by atoms with E-state index in [1.807, 2.05) is 47.3 Å². The van der Waals surface area contributed by atoms with Crippen molar-refractivity contribution >= 4 is 17.2 Å². The zero-order valence-corrected chi connectivity index (χ0v) is 9.99. The second-order valence-corrected chi connectivity index (χ2v) is 4.30. The Labute approximate surface area is 97.7 Å². The van der Waals surface area contributed by atoms with Crippen molar-refractivity contribution in [1.29, 1.82) is 0 Å². The maximum absolute atomic E-state index is 10.9. The summed E-state index contributed by atoms with van der Waals surface area (Å²) in [5, 5.41) is 2.01. The summed E-state index contributed by atoms with van der Waals surface area (Å²) in [5.41, 5.74) is 2.21. The van der Waals surface area contributed by atoms with Gasteiger partial charge in [-0.1, -0.05) is 30.3 Å². The lowest BCUT2D eigenvalue weighted by molar-refractivity contribution is -0.116. The van der Waals surface area contributed by atoms with Gasteiger partial charge in [-0.25, -0.2) is 0 Å². The molecule has 1 amide bonds. The quantitative estimate of drug-likeness (QED) is 0.742. The first-order chi connectivity index (χ1) is 7.68. The molecular formula is C12H12N2OS. The summed E-state index contributed by atoms with van der Waals surface area (Å²) in [6.07, 6.45) is 0. The molecule has 3 nitrogen and oxygen atoms in total. The third-order valence-electron chi connectivity index (χ3n) is 2.25. The average molecular weight is 232 g/mol. The fourth-order valence-electron chi connectivity index (χ4n) is 1.48. The van der Waals surface area contributed by atoms with E-state index < -0.39 is 0 Å². The number of nitrogens with zero attached hydrogens (tertiary/aromatic N) is 2. The molecule has 0 N–H and O–H groups in total. The molecule has 0 aliphatic rings. The van der Waals surface area contributed by atoms with Crippen LogP contribution in [0.15, 0.2) is 40.7 Å². The van der Waals surface area contributed by atoms with Crippen LogP contribution in [0.25, 0.3) is 11.3 Å². The van der Waals surface area contributed by atoms with Crippen molar-refractivity contribution in [3.63, 3.8) is 0 Å². The van der Waals surface area contributed by atoms with E-state index in [-0.39, 0.29) is 5.91 Å². The van der Waals surface area contributed by atoms with Gasteiger partial charge in [-0.3, -0.25) is 4.79 Å².